The molecule has 0 aliphatic carbocycles. The first-order chi connectivity index (χ1) is 10.0. The Morgan fingerprint density at radius 3 is 2.90 bits per heavy atom. The first kappa shape index (κ1) is 15.7. The second-order valence-electron chi connectivity index (χ2n) is 4.08. The minimum atomic E-state index is -0.829. The lowest BCUT2D eigenvalue weighted by molar-refractivity contribution is 0.596. The van der Waals surface area contributed by atoms with E-state index < -0.39 is 11.1 Å². The van der Waals surface area contributed by atoms with Crippen LogP contribution in [0.15, 0.2) is 30.4 Å². The number of nitrogens with one attached hydrogen (secondary N) is 2. The van der Waals surface area contributed by atoms with Crippen LogP contribution in [0.2, 0.25) is 0 Å². The van der Waals surface area contributed by atoms with Gasteiger partial charge in [0, 0.05) is 19.8 Å². The maximum atomic E-state index is 11.3. The van der Waals surface area contributed by atoms with Crippen LogP contribution in [0.5, 0.6) is 0 Å². The Bertz CT molecular complexity index is 759. The number of anilines is 1. The molecular formula is C11H13BrN6O2S. The molecule has 0 spiro atoms. The summed E-state index contributed by atoms with van der Waals surface area (Å²) in [7, 11) is 1.60. The number of halogens is 1. The van der Waals surface area contributed by atoms with Gasteiger partial charge in [-0.05, 0) is 34.1 Å². The molecule has 2 aromatic heterocycles. The first-order valence-corrected chi connectivity index (χ1v) is 7.73. The molecule has 21 heavy (non-hydrogen) atoms. The number of aromatic amines is 1. The SMILES string of the molecule is CCCNc1ncc(Br)c(Sc2nc(=O)c(=O)[nH]n2C)n1. The van der Waals surface area contributed by atoms with E-state index in [1.807, 2.05) is 6.92 Å². The maximum absolute atomic E-state index is 11.3. The lowest BCUT2D eigenvalue weighted by Crippen LogP contribution is -2.33. The van der Waals surface area contributed by atoms with Crippen LogP contribution in [0.4, 0.5) is 5.95 Å². The summed E-state index contributed by atoms with van der Waals surface area (Å²) < 4.78 is 2.05. The molecule has 2 N–H and O–H groups in total. The predicted molar refractivity (Wildman–Crippen MR) is 82.7 cm³/mol. The average Bonchev–Trinajstić information content (AvgIpc) is 2.45. The number of H-pyrrole nitrogens is 1. The van der Waals surface area contributed by atoms with Gasteiger partial charge in [-0.25, -0.2) is 9.97 Å². The number of nitrogens with zero attached hydrogens (tertiary/aromatic N) is 4. The molecule has 2 rings (SSSR count). The van der Waals surface area contributed by atoms with Gasteiger partial charge in [0.05, 0.1) is 4.47 Å². The monoisotopic (exact) mass is 372 g/mol. The molecular weight excluding hydrogens is 360 g/mol. The second kappa shape index (κ2) is 6.85. The van der Waals surface area contributed by atoms with Crippen molar-refractivity contribution in [3.63, 3.8) is 0 Å². The molecule has 0 amide bonds. The molecule has 0 aliphatic rings. The van der Waals surface area contributed by atoms with Gasteiger partial charge in [-0.1, -0.05) is 6.92 Å². The van der Waals surface area contributed by atoms with Crippen LogP contribution >= 0.6 is 27.7 Å². The zero-order valence-corrected chi connectivity index (χ0v) is 13.8. The Kier molecular flexibility index (Phi) is 5.12. The summed E-state index contributed by atoms with van der Waals surface area (Å²) in [6, 6.07) is 0. The van der Waals surface area contributed by atoms with Gasteiger partial charge >= 0.3 is 11.1 Å². The molecule has 0 atom stereocenters. The van der Waals surface area contributed by atoms with Crippen molar-refractivity contribution in [3.8, 4) is 0 Å². The van der Waals surface area contributed by atoms with Gasteiger partial charge in [0.1, 0.15) is 5.03 Å². The van der Waals surface area contributed by atoms with Crippen LogP contribution in [0.3, 0.4) is 0 Å². The largest absolute Gasteiger partial charge is 0.354 e. The van der Waals surface area contributed by atoms with Crippen LogP contribution in [-0.4, -0.2) is 31.3 Å². The highest BCUT2D eigenvalue weighted by Gasteiger charge is 2.11. The fourth-order valence-corrected chi connectivity index (χ4v) is 2.58. The minimum Gasteiger partial charge on any atom is -0.354 e. The molecule has 112 valence electrons. The fraction of sp³-hybridized carbons (Fsp3) is 0.364. The van der Waals surface area contributed by atoms with E-state index in [2.05, 4.69) is 41.3 Å². The van der Waals surface area contributed by atoms with Crippen LogP contribution < -0.4 is 16.4 Å². The van der Waals surface area contributed by atoms with E-state index in [4.69, 9.17) is 0 Å². The Morgan fingerprint density at radius 1 is 1.43 bits per heavy atom. The van der Waals surface area contributed by atoms with Gasteiger partial charge in [0.2, 0.25) is 5.95 Å². The molecule has 0 bridgehead atoms. The van der Waals surface area contributed by atoms with E-state index in [0.717, 1.165) is 24.7 Å². The van der Waals surface area contributed by atoms with E-state index in [0.29, 0.717) is 20.6 Å². The topological polar surface area (TPSA) is 106 Å². The van der Waals surface area contributed by atoms with Crippen molar-refractivity contribution in [1.29, 1.82) is 0 Å². The molecule has 8 nitrogen and oxygen atoms in total. The average molecular weight is 373 g/mol. The first-order valence-electron chi connectivity index (χ1n) is 6.13. The molecule has 0 radical (unpaired) electrons. The Balaban J connectivity index is 2.32. The Morgan fingerprint density at radius 2 is 2.19 bits per heavy atom. The third-order valence-corrected chi connectivity index (χ3v) is 4.28. The zero-order chi connectivity index (χ0) is 15.4. The van der Waals surface area contributed by atoms with Gasteiger partial charge < -0.3 is 5.32 Å². The highest BCUT2D eigenvalue weighted by atomic mass is 79.9. The number of aromatic nitrogens is 5. The van der Waals surface area contributed by atoms with E-state index in [1.165, 1.54) is 4.68 Å². The lowest BCUT2D eigenvalue weighted by atomic mass is 10.5. The Labute approximate surface area is 132 Å². The van der Waals surface area contributed by atoms with Crippen molar-refractivity contribution in [2.45, 2.75) is 23.5 Å². The minimum absolute atomic E-state index is 0.334. The van der Waals surface area contributed by atoms with Gasteiger partial charge in [-0.2, -0.15) is 4.98 Å². The fourth-order valence-electron chi connectivity index (χ4n) is 1.38. The van der Waals surface area contributed by atoms with Crippen LogP contribution in [0, 0.1) is 0 Å². The summed E-state index contributed by atoms with van der Waals surface area (Å²) in [4.78, 5) is 34.7. The summed E-state index contributed by atoms with van der Waals surface area (Å²) in [5, 5.41) is 6.40. The quantitative estimate of drug-likeness (QED) is 0.595. The Hall–Kier alpha value is -1.68. The number of aryl methyl sites for hydroxylation is 1. The van der Waals surface area contributed by atoms with Crippen molar-refractivity contribution in [1.82, 2.24) is 24.7 Å². The van der Waals surface area contributed by atoms with Crippen molar-refractivity contribution < 1.29 is 0 Å². The zero-order valence-electron chi connectivity index (χ0n) is 11.4. The van der Waals surface area contributed by atoms with Crippen molar-refractivity contribution in [3.05, 3.63) is 31.4 Å². The van der Waals surface area contributed by atoms with Gasteiger partial charge in [0.25, 0.3) is 0 Å². The lowest BCUT2D eigenvalue weighted by Gasteiger charge is -2.08. The highest BCUT2D eigenvalue weighted by molar-refractivity contribution is 9.10. The van der Waals surface area contributed by atoms with E-state index >= 15 is 0 Å². The summed E-state index contributed by atoms with van der Waals surface area (Å²) in [6.45, 7) is 2.81. The van der Waals surface area contributed by atoms with E-state index in [-0.39, 0.29) is 0 Å². The summed E-state index contributed by atoms with van der Waals surface area (Å²) in [5.74, 6) is 0.497. The predicted octanol–water partition coefficient (Wildman–Crippen LogP) is 0.994. The third kappa shape index (κ3) is 3.91. The summed E-state index contributed by atoms with van der Waals surface area (Å²) >= 11 is 4.51. The third-order valence-electron chi connectivity index (χ3n) is 2.38. The molecule has 0 saturated heterocycles. The molecule has 2 aromatic rings. The molecule has 10 heteroatoms. The van der Waals surface area contributed by atoms with E-state index in [9.17, 15) is 9.59 Å². The summed E-state index contributed by atoms with van der Waals surface area (Å²) in [5.41, 5.74) is -1.58. The number of hydrogen-bond donors (Lipinski definition) is 2. The molecule has 0 aliphatic heterocycles. The van der Waals surface area contributed by atoms with Crippen molar-refractivity contribution >= 4 is 33.6 Å². The molecule has 2 heterocycles. The second-order valence-corrected chi connectivity index (χ2v) is 5.89. The summed E-state index contributed by atoms with van der Waals surface area (Å²) in [6.07, 6.45) is 2.58. The van der Waals surface area contributed by atoms with Crippen molar-refractivity contribution in [2.24, 2.45) is 7.05 Å². The van der Waals surface area contributed by atoms with Crippen LogP contribution in [-0.2, 0) is 7.05 Å². The smallest absolute Gasteiger partial charge is 0.339 e. The van der Waals surface area contributed by atoms with Gasteiger partial charge in [-0.3, -0.25) is 19.4 Å². The maximum Gasteiger partial charge on any atom is 0.339 e. The molecule has 0 unspecified atom stereocenters. The molecule has 0 fully saturated rings. The van der Waals surface area contributed by atoms with Gasteiger partial charge in [-0.15, -0.1) is 0 Å². The van der Waals surface area contributed by atoms with Crippen molar-refractivity contribution in [2.75, 3.05) is 11.9 Å². The van der Waals surface area contributed by atoms with Crippen LogP contribution in [0.1, 0.15) is 13.3 Å². The normalized spacial score (nSPS) is 10.6. The highest BCUT2D eigenvalue weighted by Crippen LogP contribution is 2.29. The number of rotatable bonds is 5. The van der Waals surface area contributed by atoms with E-state index in [1.54, 1.807) is 13.2 Å². The van der Waals surface area contributed by atoms with Crippen LogP contribution in [0.25, 0.3) is 0 Å². The molecule has 0 saturated carbocycles. The molecule has 0 aromatic carbocycles. The van der Waals surface area contributed by atoms with Gasteiger partial charge in [0.15, 0.2) is 5.16 Å². The number of hydrogen-bond acceptors (Lipinski definition) is 7. The standard InChI is InChI=1S/C11H13BrN6O2S/c1-3-4-13-10-14-5-6(12)9(16-10)21-11-15-7(19)8(20)17-18(11)2/h5H,3-4H2,1-2H3,(H,17,20)(H,13,14,16).